The van der Waals surface area contributed by atoms with Crippen LogP contribution < -0.4 is 0 Å². The number of carbonyl (C=O) groups is 2. The third-order valence-corrected chi connectivity index (χ3v) is 4.44. The third kappa shape index (κ3) is 4.31. The topological polar surface area (TPSA) is 108 Å². The van der Waals surface area contributed by atoms with Crippen LogP contribution >= 0.6 is 0 Å². The summed E-state index contributed by atoms with van der Waals surface area (Å²) in [5, 5.41) is 8.52. The molecule has 1 N–H and O–H groups in total. The monoisotopic (exact) mass is 332 g/mol. The number of rotatable bonds is 7. The van der Waals surface area contributed by atoms with Gasteiger partial charge in [0.2, 0.25) is 5.09 Å². The van der Waals surface area contributed by atoms with Crippen LogP contribution in [0.25, 0.3) is 0 Å². The van der Waals surface area contributed by atoms with Gasteiger partial charge in [0.05, 0.1) is 5.56 Å². The summed E-state index contributed by atoms with van der Waals surface area (Å²) in [6.45, 7) is 3.48. The molecule has 0 radical (unpaired) electrons. The lowest BCUT2D eigenvalue weighted by Crippen LogP contribution is -2.38. The summed E-state index contributed by atoms with van der Waals surface area (Å²) in [4.78, 5) is 24.3. The molecule has 8 nitrogen and oxygen atoms in total. The molecule has 0 aliphatic carbocycles. The second kappa shape index (κ2) is 6.93. The lowest BCUT2D eigenvalue weighted by atomic mass is 10.2. The fraction of sp³-hybridized carbons (Fsp3) is 0.538. The number of sulfonamides is 1. The number of nitrogens with zero attached hydrogens (tertiary/aromatic N) is 2. The first-order valence-corrected chi connectivity index (χ1v) is 8.01. The van der Waals surface area contributed by atoms with Crippen LogP contribution in [0.5, 0.6) is 0 Å². The van der Waals surface area contributed by atoms with Crippen molar-refractivity contribution in [3.8, 4) is 0 Å². The Hall–Kier alpha value is -1.87. The van der Waals surface area contributed by atoms with Crippen LogP contribution in [-0.2, 0) is 14.8 Å². The van der Waals surface area contributed by atoms with E-state index >= 15 is 0 Å². The van der Waals surface area contributed by atoms with E-state index < -0.39 is 28.4 Å². The molecule has 0 spiro atoms. The average molecular weight is 332 g/mol. The van der Waals surface area contributed by atoms with Gasteiger partial charge in [-0.25, -0.2) is 12.7 Å². The predicted octanol–water partition coefficient (Wildman–Crippen LogP) is 0.713. The number of furan rings is 1. The number of carbonyl (C=O) groups excluding carboxylic acids is 1. The number of carboxylic acids is 1. The highest BCUT2D eigenvalue weighted by Crippen LogP contribution is 2.18. The van der Waals surface area contributed by atoms with Gasteiger partial charge in [-0.3, -0.25) is 9.59 Å². The molecule has 1 aromatic heterocycles. The fourth-order valence-corrected chi connectivity index (χ4v) is 2.56. The zero-order chi connectivity index (χ0) is 17.1. The standard InChI is InChI=1S/C13H20N2O6S/c1-9(2)6-15(7-11(16)17)13(18)10-5-12(21-8-10)22(19,20)14(3)4/h5,8-9H,6-7H2,1-4H3,(H,16,17). The molecular formula is C13H20N2O6S. The van der Waals surface area contributed by atoms with Crippen molar-refractivity contribution in [2.75, 3.05) is 27.2 Å². The Balaban J connectivity index is 3.06. The highest BCUT2D eigenvalue weighted by Gasteiger charge is 2.26. The molecule has 0 aromatic carbocycles. The number of hydrogen-bond acceptors (Lipinski definition) is 5. The van der Waals surface area contributed by atoms with E-state index in [1.54, 1.807) is 0 Å². The molecule has 0 atom stereocenters. The van der Waals surface area contributed by atoms with Crippen LogP contribution in [-0.4, -0.2) is 61.8 Å². The molecule has 0 saturated heterocycles. The fourth-order valence-electron chi connectivity index (χ4n) is 1.75. The lowest BCUT2D eigenvalue weighted by Gasteiger charge is -2.21. The first kappa shape index (κ1) is 18.2. The Morgan fingerprint density at radius 3 is 2.36 bits per heavy atom. The smallest absolute Gasteiger partial charge is 0.323 e. The van der Waals surface area contributed by atoms with Crippen LogP contribution in [0.3, 0.4) is 0 Å². The van der Waals surface area contributed by atoms with Crippen molar-refractivity contribution in [2.45, 2.75) is 18.9 Å². The van der Waals surface area contributed by atoms with Gasteiger partial charge in [0, 0.05) is 26.7 Å². The van der Waals surface area contributed by atoms with E-state index in [9.17, 15) is 18.0 Å². The van der Waals surface area contributed by atoms with Gasteiger partial charge in [0.15, 0.2) is 0 Å². The van der Waals surface area contributed by atoms with Crippen LogP contribution in [0, 0.1) is 5.92 Å². The summed E-state index contributed by atoms with van der Waals surface area (Å²) < 4.78 is 29.7. The second-order valence-electron chi connectivity index (χ2n) is 5.42. The van der Waals surface area contributed by atoms with Gasteiger partial charge in [-0.1, -0.05) is 13.8 Å². The molecule has 0 aliphatic rings. The van der Waals surface area contributed by atoms with Gasteiger partial charge >= 0.3 is 5.97 Å². The average Bonchev–Trinajstić information content (AvgIpc) is 2.85. The third-order valence-electron chi connectivity index (χ3n) is 2.76. The maximum absolute atomic E-state index is 12.3. The minimum atomic E-state index is -3.78. The summed E-state index contributed by atoms with van der Waals surface area (Å²) in [6.07, 6.45) is 1.02. The molecule has 1 amide bonds. The molecule has 0 saturated carbocycles. The van der Waals surface area contributed by atoms with Crippen LogP contribution in [0.2, 0.25) is 0 Å². The highest BCUT2D eigenvalue weighted by molar-refractivity contribution is 7.88. The molecular weight excluding hydrogens is 312 g/mol. The predicted molar refractivity (Wildman–Crippen MR) is 78.0 cm³/mol. The highest BCUT2D eigenvalue weighted by atomic mass is 32.2. The minimum absolute atomic E-state index is 0.00215. The van der Waals surface area contributed by atoms with Crippen LogP contribution in [0.4, 0.5) is 0 Å². The van der Waals surface area contributed by atoms with Crippen molar-refractivity contribution < 1.29 is 27.5 Å². The molecule has 0 unspecified atom stereocenters. The Labute approximate surface area is 129 Å². The molecule has 1 aromatic rings. The normalized spacial score (nSPS) is 11.9. The van der Waals surface area contributed by atoms with Gasteiger partial charge in [0.1, 0.15) is 12.8 Å². The van der Waals surface area contributed by atoms with E-state index in [4.69, 9.17) is 9.52 Å². The first-order valence-electron chi connectivity index (χ1n) is 6.57. The summed E-state index contributed by atoms with van der Waals surface area (Å²) in [6, 6.07) is 1.10. The number of aliphatic carboxylic acids is 1. The summed E-state index contributed by atoms with van der Waals surface area (Å²) >= 11 is 0. The quantitative estimate of drug-likeness (QED) is 0.788. The van der Waals surface area contributed by atoms with E-state index in [0.717, 1.165) is 21.5 Å². The zero-order valence-electron chi connectivity index (χ0n) is 12.9. The molecule has 1 heterocycles. The van der Waals surface area contributed by atoms with Crippen molar-refractivity contribution in [2.24, 2.45) is 5.92 Å². The van der Waals surface area contributed by atoms with Gasteiger partial charge in [0.25, 0.3) is 15.9 Å². The Kier molecular flexibility index (Phi) is 5.72. The van der Waals surface area contributed by atoms with E-state index in [1.165, 1.54) is 14.1 Å². The Morgan fingerprint density at radius 2 is 1.91 bits per heavy atom. The van der Waals surface area contributed by atoms with Gasteiger partial charge < -0.3 is 14.4 Å². The van der Waals surface area contributed by atoms with Crippen molar-refractivity contribution in [3.63, 3.8) is 0 Å². The maximum Gasteiger partial charge on any atom is 0.323 e. The minimum Gasteiger partial charge on any atom is -0.480 e. The SMILES string of the molecule is CC(C)CN(CC(=O)O)C(=O)c1coc(S(=O)(=O)N(C)C)c1. The largest absolute Gasteiger partial charge is 0.480 e. The zero-order valence-corrected chi connectivity index (χ0v) is 13.8. The van der Waals surface area contributed by atoms with E-state index in [-0.39, 0.29) is 23.1 Å². The van der Waals surface area contributed by atoms with E-state index in [0.29, 0.717) is 0 Å². The van der Waals surface area contributed by atoms with Gasteiger partial charge in [-0.2, -0.15) is 0 Å². The van der Waals surface area contributed by atoms with Crippen molar-refractivity contribution in [3.05, 3.63) is 17.9 Å². The van der Waals surface area contributed by atoms with Crippen molar-refractivity contribution in [1.29, 1.82) is 0 Å². The Morgan fingerprint density at radius 1 is 1.32 bits per heavy atom. The molecule has 0 aliphatic heterocycles. The first-order chi connectivity index (χ1) is 10.1. The molecule has 1 rings (SSSR count). The summed E-state index contributed by atoms with van der Waals surface area (Å²) in [5.74, 6) is -1.65. The molecule has 124 valence electrons. The lowest BCUT2D eigenvalue weighted by molar-refractivity contribution is -0.137. The van der Waals surface area contributed by atoms with Crippen LogP contribution in [0.15, 0.2) is 21.8 Å². The maximum atomic E-state index is 12.3. The van der Waals surface area contributed by atoms with E-state index in [2.05, 4.69) is 0 Å². The molecule has 22 heavy (non-hydrogen) atoms. The molecule has 9 heteroatoms. The molecule has 0 fully saturated rings. The van der Waals surface area contributed by atoms with Crippen LogP contribution in [0.1, 0.15) is 24.2 Å². The van der Waals surface area contributed by atoms with Gasteiger partial charge in [-0.05, 0) is 5.92 Å². The number of hydrogen-bond donors (Lipinski definition) is 1. The van der Waals surface area contributed by atoms with Crippen molar-refractivity contribution >= 4 is 21.9 Å². The number of carboxylic acid groups (broad SMARTS) is 1. The van der Waals surface area contributed by atoms with Gasteiger partial charge in [-0.15, -0.1) is 0 Å². The van der Waals surface area contributed by atoms with E-state index in [1.807, 2.05) is 13.8 Å². The number of amides is 1. The molecule has 0 bridgehead atoms. The summed E-state index contributed by atoms with van der Waals surface area (Å²) in [5.41, 5.74) is 0.00215. The van der Waals surface area contributed by atoms with Crippen molar-refractivity contribution in [1.82, 2.24) is 9.21 Å². The second-order valence-corrected chi connectivity index (χ2v) is 7.50. The Bertz CT molecular complexity index is 647. The summed E-state index contributed by atoms with van der Waals surface area (Å²) in [7, 11) is -1.10.